The molecule has 1 aliphatic heterocycles. The van der Waals surface area contributed by atoms with Crippen molar-refractivity contribution in [2.45, 2.75) is 12.8 Å². The van der Waals surface area contributed by atoms with Crippen LogP contribution >= 0.6 is 11.6 Å². The fourth-order valence-electron chi connectivity index (χ4n) is 2.13. The van der Waals surface area contributed by atoms with Gasteiger partial charge in [-0.25, -0.2) is 0 Å². The molecular formula is C14H13ClN4. The van der Waals surface area contributed by atoms with Gasteiger partial charge in [-0.1, -0.05) is 17.7 Å². The highest BCUT2D eigenvalue weighted by molar-refractivity contribution is 6.34. The fourth-order valence-corrected chi connectivity index (χ4v) is 2.43. The second-order valence-electron chi connectivity index (χ2n) is 4.26. The summed E-state index contributed by atoms with van der Waals surface area (Å²) >= 11 is 6.26. The molecule has 19 heavy (non-hydrogen) atoms. The van der Waals surface area contributed by atoms with Crippen LogP contribution in [0.3, 0.4) is 0 Å². The SMILES string of the molecule is N#CC(C#N)=CNc1cccc(Cl)c1N1CCCC1. The average Bonchev–Trinajstić information content (AvgIpc) is 2.93. The van der Waals surface area contributed by atoms with Crippen LogP contribution in [0.5, 0.6) is 0 Å². The number of benzene rings is 1. The van der Waals surface area contributed by atoms with Gasteiger partial charge in [-0.05, 0) is 25.0 Å². The molecule has 0 aliphatic carbocycles. The monoisotopic (exact) mass is 272 g/mol. The van der Waals surface area contributed by atoms with Crippen molar-refractivity contribution in [1.29, 1.82) is 10.5 Å². The lowest BCUT2D eigenvalue weighted by molar-refractivity contribution is 0.949. The number of nitrogens with zero attached hydrogens (tertiary/aromatic N) is 3. The minimum absolute atomic E-state index is 0.0346. The lowest BCUT2D eigenvalue weighted by Gasteiger charge is -2.22. The Hall–Kier alpha value is -2.17. The summed E-state index contributed by atoms with van der Waals surface area (Å²) in [4.78, 5) is 2.22. The summed E-state index contributed by atoms with van der Waals surface area (Å²) in [5, 5.41) is 21.1. The first-order valence-corrected chi connectivity index (χ1v) is 6.44. The second kappa shape index (κ2) is 6.13. The van der Waals surface area contributed by atoms with Gasteiger partial charge in [0.15, 0.2) is 0 Å². The highest BCUT2D eigenvalue weighted by atomic mass is 35.5. The van der Waals surface area contributed by atoms with Gasteiger partial charge in [0.2, 0.25) is 0 Å². The number of allylic oxidation sites excluding steroid dienone is 1. The maximum atomic E-state index is 8.72. The summed E-state index contributed by atoms with van der Waals surface area (Å²) in [5.74, 6) is 0. The molecule has 0 amide bonds. The minimum atomic E-state index is 0.0346. The number of para-hydroxylation sites is 1. The molecule has 96 valence electrons. The predicted molar refractivity (Wildman–Crippen MR) is 75.8 cm³/mol. The topological polar surface area (TPSA) is 62.9 Å². The summed E-state index contributed by atoms with van der Waals surface area (Å²) in [5.41, 5.74) is 1.79. The number of hydrogen-bond donors (Lipinski definition) is 1. The van der Waals surface area contributed by atoms with Crippen molar-refractivity contribution < 1.29 is 0 Å². The van der Waals surface area contributed by atoms with Crippen LogP contribution in [0.25, 0.3) is 0 Å². The first-order valence-electron chi connectivity index (χ1n) is 6.06. The van der Waals surface area contributed by atoms with Crippen LogP contribution in [0.15, 0.2) is 30.0 Å². The quantitative estimate of drug-likeness (QED) is 0.858. The molecule has 5 heteroatoms. The third kappa shape index (κ3) is 2.99. The highest BCUT2D eigenvalue weighted by Gasteiger charge is 2.18. The zero-order chi connectivity index (χ0) is 13.7. The van der Waals surface area contributed by atoms with Crippen molar-refractivity contribution >= 4 is 23.0 Å². The van der Waals surface area contributed by atoms with E-state index in [0.29, 0.717) is 5.02 Å². The van der Waals surface area contributed by atoms with Crippen LogP contribution < -0.4 is 10.2 Å². The van der Waals surface area contributed by atoms with Gasteiger partial charge >= 0.3 is 0 Å². The van der Waals surface area contributed by atoms with E-state index >= 15 is 0 Å². The normalized spacial score (nSPS) is 13.5. The molecule has 0 aromatic heterocycles. The summed E-state index contributed by atoms with van der Waals surface area (Å²) in [7, 11) is 0. The average molecular weight is 273 g/mol. The maximum absolute atomic E-state index is 8.72. The standard InChI is InChI=1S/C14H13ClN4/c15-12-4-3-5-13(18-10-11(8-16)9-17)14(12)19-6-1-2-7-19/h3-5,10,18H,1-2,6-7H2. The number of hydrogen-bond acceptors (Lipinski definition) is 4. The zero-order valence-electron chi connectivity index (χ0n) is 10.4. The molecule has 1 aromatic carbocycles. The zero-order valence-corrected chi connectivity index (χ0v) is 11.1. The minimum Gasteiger partial charge on any atom is -0.369 e. The summed E-state index contributed by atoms with van der Waals surface area (Å²) in [6, 6.07) is 9.21. The molecule has 1 heterocycles. The number of rotatable bonds is 3. The van der Waals surface area contributed by atoms with Crippen LogP contribution in [0, 0.1) is 22.7 Å². The molecule has 0 bridgehead atoms. The number of nitrogens with one attached hydrogen (secondary N) is 1. The third-order valence-electron chi connectivity index (χ3n) is 3.02. The highest BCUT2D eigenvalue weighted by Crippen LogP contribution is 2.35. The van der Waals surface area contributed by atoms with Gasteiger partial charge in [0.25, 0.3) is 0 Å². The second-order valence-corrected chi connectivity index (χ2v) is 4.66. The molecule has 0 unspecified atom stereocenters. The molecule has 2 rings (SSSR count). The molecule has 0 radical (unpaired) electrons. The van der Waals surface area contributed by atoms with E-state index in [-0.39, 0.29) is 5.57 Å². The predicted octanol–water partition coefficient (Wildman–Crippen LogP) is 3.28. The Morgan fingerprint density at radius 3 is 2.58 bits per heavy atom. The van der Waals surface area contributed by atoms with Crippen molar-refractivity contribution in [3.63, 3.8) is 0 Å². The van der Waals surface area contributed by atoms with E-state index < -0.39 is 0 Å². The molecule has 4 nitrogen and oxygen atoms in total. The largest absolute Gasteiger partial charge is 0.369 e. The summed E-state index contributed by atoms with van der Waals surface area (Å²) < 4.78 is 0. The van der Waals surface area contributed by atoms with Gasteiger partial charge in [0.05, 0.1) is 16.4 Å². The van der Waals surface area contributed by atoms with E-state index in [9.17, 15) is 0 Å². The van der Waals surface area contributed by atoms with Crippen LogP contribution in [0.2, 0.25) is 5.02 Å². The van der Waals surface area contributed by atoms with E-state index in [2.05, 4.69) is 10.2 Å². The van der Waals surface area contributed by atoms with E-state index in [1.807, 2.05) is 30.3 Å². The first kappa shape index (κ1) is 13.3. The van der Waals surface area contributed by atoms with E-state index in [1.54, 1.807) is 0 Å². The van der Waals surface area contributed by atoms with Crippen LogP contribution in [-0.2, 0) is 0 Å². The van der Waals surface area contributed by atoms with Crippen LogP contribution in [0.1, 0.15) is 12.8 Å². The van der Waals surface area contributed by atoms with Crippen molar-refractivity contribution in [2.24, 2.45) is 0 Å². The van der Waals surface area contributed by atoms with Crippen molar-refractivity contribution in [2.75, 3.05) is 23.3 Å². The van der Waals surface area contributed by atoms with Gasteiger partial charge in [0, 0.05) is 19.3 Å². The lowest BCUT2D eigenvalue weighted by atomic mass is 10.2. The molecular weight excluding hydrogens is 260 g/mol. The number of halogens is 1. The number of anilines is 2. The molecule has 1 aliphatic rings. The Balaban J connectivity index is 2.30. The van der Waals surface area contributed by atoms with Gasteiger partial charge in [-0.2, -0.15) is 10.5 Å². The number of nitriles is 2. The molecule has 1 saturated heterocycles. The van der Waals surface area contributed by atoms with Crippen molar-refractivity contribution in [3.05, 3.63) is 35.0 Å². The van der Waals surface area contributed by atoms with Gasteiger partial charge < -0.3 is 10.2 Å². The Bertz CT molecular complexity index is 558. The van der Waals surface area contributed by atoms with Crippen molar-refractivity contribution in [3.8, 4) is 12.1 Å². The van der Waals surface area contributed by atoms with Crippen LogP contribution in [0.4, 0.5) is 11.4 Å². The molecule has 1 N–H and O–H groups in total. The lowest BCUT2D eigenvalue weighted by Crippen LogP contribution is -2.19. The van der Waals surface area contributed by atoms with E-state index in [0.717, 1.165) is 37.3 Å². The van der Waals surface area contributed by atoms with E-state index in [4.69, 9.17) is 22.1 Å². The van der Waals surface area contributed by atoms with Gasteiger partial charge in [0.1, 0.15) is 17.7 Å². The molecule has 0 atom stereocenters. The third-order valence-corrected chi connectivity index (χ3v) is 3.33. The maximum Gasteiger partial charge on any atom is 0.145 e. The molecule has 0 spiro atoms. The fraction of sp³-hybridized carbons (Fsp3) is 0.286. The van der Waals surface area contributed by atoms with E-state index in [1.165, 1.54) is 6.20 Å². The summed E-state index contributed by atoms with van der Waals surface area (Å²) in [6.45, 7) is 1.96. The Kier molecular flexibility index (Phi) is 4.28. The Labute approximate surface area is 117 Å². The smallest absolute Gasteiger partial charge is 0.145 e. The van der Waals surface area contributed by atoms with Crippen LogP contribution in [-0.4, -0.2) is 13.1 Å². The van der Waals surface area contributed by atoms with Gasteiger partial charge in [-0.15, -0.1) is 0 Å². The molecule has 0 saturated carbocycles. The first-order chi connectivity index (χ1) is 9.26. The molecule has 1 fully saturated rings. The molecule has 1 aromatic rings. The summed E-state index contributed by atoms with van der Waals surface area (Å²) in [6.07, 6.45) is 3.72. The Morgan fingerprint density at radius 2 is 1.95 bits per heavy atom. The Morgan fingerprint density at radius 1 is 1.26 bits per heavy atom. The van der Waals surface area contributed by atoms with Gasteiger partial charge in [-0.3, -0.25) is 0 Å². The van der Waals surface area contributed by atoms with Crippen molar-refractivity contribution in [1.82, 2.24) is 0 Å².